The summed E-state index contributed by atoms with van der Waals surface area (Å²) in [6, 6.07) is 7.51. The van der Waals surface area contributed by atoms with Crippen molar-refractivity contribution in [2.24, 2.45) is 0 Å². The molecule has 0 aliphatic heterocycles. The first kappa shape index (κ1) is 29.2. The standard InChI is InChI=1S/C28H37N3O6S/c1-8-16-29(9-2)26(34)28(5,6)31-23(32)21-18(4)22(25(33)37-10-3)38-24(21)30(27(31)35)17-15-19-13-11-12-14-20(19)36-7/h11-14H,8-10,15-17H2,1-7H3. The molecule has 1 amide bonds. The Labute approximate surface area is 226 Å². The number of hydrogen-bond acceptors (Lipinski definition) is 7. The van der Waals surface area contributed by atoms with Gasteiger partial charge in [-0.1, -0.05) is 25.1 Å². The van der Waals surface area contributed by atoms with Crippen molar-refractivity contribution in [2.75, 3.05) is 26.8 Å². The second-order valence-corrected chi connectivity index (χ2v) is 10.5. The van der Waals surface area contributed by atoms with Crippen LogP contribution in [0.4, 0.5) is 0 Å². The lowest BCUT2D eigenvalue weighted by atomic mass is 10.0. The Morgan fingerprint density at radius 3 is 2.39 bits per heavy atom. The number of hydrogen-bond donors (Lipinski definition) is 0. The van der Waals surface area contributed by atoms with Gasteiger partial charge in [0.05, 0.1) is 19.1 Å². The van der Waals surface area contributed by atoms with E-state index in [0.29, 0.717) is 35.7 Å². The van der Waals surface area contributed by atoms with Gasteiger partial charge >= 0.3 is 11.7 Å². The van der Waals surface area contributed by atoms with Crippen LogP contribution in [-0.2, 0) is 28.0 Å². The molecule has 1 aromatic carbocycles. The molecule has 0 unspecified atom stereocenters. The molecule has 0 aliphatic carbocycles. The zero-order valence-electron chi connectivity index (χ0n) is 23.3. The molecule has 3 rings (SSSR count). The van der Waals surface area contributed by atoms with Crippen LogP contribution in [0.3, 0.4) is 0 Å². The second kappa shape index (κ2) is 12.0. The first-order chi connectivity index (χ1) is 18.0. The van der Waals surface area contributed by atoms with Gasteiger partial charge in [-0.15, -0.1) is 11.3 Å². The molecular weight excluding hydrogens is 506 g/mol. The van der Waals surface area contributed by atoms with E-state index in [4.69, 9.17) is 9.47 Å². The van der Waals surface area contributed by atoms with Crippen molar-refractivity contribution in [3.8, 4) is 5.75 Å². The predicted octanol–water partition coefficient (Wildman–Crippen LogP) is 3.95. The third-order valence-corrected chi connectivity index (χ3v) is 8.01. The molecule has 9 nitrogen and oxygen atoms in total. The van der Waals surface area contributed by atoms with Crippen LogP contribution in [0.25, 0.3) is 10.2 Å². The van der Waals surface area contributed by atoms with Crippen molar-refractivity contribution in [3.05, 3.63) is 61.1 Å². The maximum atomic E-state index is 14.0. The van der Waals surface area contributed by atoms with Gasteiger partial charge in [-0.25, -0.2) is 14.2 Å². The zero-order chi connectivity index (χ0) is 28.2. The summed E-state index contributed by atoms with van der Waals surface area (Å²) in [5.74, 6) is -0.167. The fourth-order valence-corrected chi connectivity index (χ4v) is 5.94. The van der Waals surface area contributed by atoms with E-state index in [-0.39, 0.29) is 29.3 Å². The minimum atomic E-state index is -1.45. The fourth-order valence-electron chi connectivity index (χ4n) is 4.73. The molecule has 3 aromatic rings. The number of amides is 1. The molecule has 0 saturated heterocycles. The van der Waals surface area contributed by atoms with E-state index < -0.39 is 22.8 Å². The molecule has 0 N–H and O–H groups in total. The lowest BCUT2D eigenvalue weighted by molar-refractivity contribution is -0.139. The summed E-state index contributed by atoms with van der Waals surface area (Å²) in [5.41, 5.74) is -1.30. The van der Waals surface area contributed by atoms with E-state index in [1.807, 2.05) is 38.1 Å². The number of benzene rings is 1. The van der Waals surface area contributed by atoms with Gasteiger partial charge in [0.1, 0.15) is 21.0 Å². The molecule has 0 bridgehead atoms. The molecule has 2 aromatic heterocycles. The highest BCUT2D eigenvalue weighted by Crippen LogP contribution is 2.30. The van der Waals surface area contributed by atoms with Crippen LogP contribution in [0.5, 0.6) is 5.75 Å². The zero-order valence-corrected chi connectivity index (χ0v) is 24.1. The molecule has 206 valence electrons. The summed E-state index contributed by atoms with van der Waals surface area (Å²) in [7, 11) is 1.58. The number of thiophene rings is 1. The summed E-state index contributed by atoms with van der Waals surface area (Å²) >= 11 is 1.07. The molecule has 0 atom stereocenters. The van der Waals surface area contributed by atoms with Crippen LogP contribution >= 0.6 is 11.3 Å². The molecule has 38 heavy (non-hydrogen) atoms. The van der Waals surface area contributed by atoms with Crippen molar-refractivity contribution < 1.29 is 19.1 Å². The predicted molar refractivity (Wildman–Crippen MR) is 150 cm³/mol. The Morgan fingerprint density at radius 1 is 1.11 bits per heavy atom. The Morgan fingerprint density at radius 2 is 1.79 bits per heavy atom. The quantitative estimate of drug-likeness (QED) is 0.340. The topological polar surface area (TPSA) is 99.8 Å². The number of fused-ring (bicyclic) bond motifs is 1. The number of aromatic nitrogens is 2. The van der Waals surface area contributed by atoms with Gasteiger partial charge in [-0.3, -0.25) is 14.2 Å². The molecule has 0 aliphatic rings. The highest BCUT2D eigenvalue weighted by molar-refractivity contribution is 7.20. The van der Waals surface area contributed by atoms with Gasteiger partial charge in [0, 0.05) is 19.6 Å². The monoisotopic (exact) mass is 543 g/mol. The van der Waals surface area contributed by atoms with Crippen molar-refractivity contribution in [3.63, 3.8) is 0 Å². The van der Waals surface area contributed by atoms with Crippen molar-refractivity contribution >= 4 is 33.4 Å². The molecule has 0 spiro atoms. The van der Waals surface area contributed by atoms with Crippen LogP contribution in [0.1, 0.15) is 61.8 Å². The normalized spacial score (nSPS) is 11.6. The lowest BCUT2D eigenvalue weighted by Gasteiger charge is -2.32. The number of likely N-dealkylation sites (N-methyl/N-ethyl adjacent to an activating group) is 1. The van der Waals surface area contributed by atoms with Crippen LogP contribution in [0.2, 0.25) is 0 Å². The number of rotatable bonds is 11. The third kappa shape index (κ3) is 5.27. The van der Waals surface area contributed by atoms with Gasteiger partial charge in [-0.2, -0.15) is 0 Å². The fraction of sp³-hybridized carbons (Fsp3) is 0.500. The minimum absolute atomic E-state index is 0.184. The molecular formula is C28H37N3O6S. The summed E-state index contributed by atoms with van der Waals surface area (Å²) in [5, 5.41) is 0.247. The average Bonchev–Trinajstić information content (AvgIpc) is 3.24. The number of ether oxygens (including phenoxy) is 2. The Kier molecular flexibility index (Phi) is 9.19. The first-order valence-corrected chi connectivity index (χ1v) is 13.7. The largest absolute Gasteiger partial charge is 0.496 e. The van der Waals surface area contributed by atoms with Gasteiger partial charge in [0.15, 0.2) is 0 Å². The summed E-state index contributed by atoms with van der Waals surface area (Å²) in [4.78, 5) is 56.6. The van der Waals surface area contributed by atoms with Crippen LogP contribution in [-0.4, -0.2) is 52.7 Å². The Balaban J connectivity index is 2.30. The van der Waals surface area contributed by atoms with Gasteiger partial charge in [0.25, 0.3) is 5.56 Å². The van der Waals surface area contributed by atoms with Crippen LogP contribution in [0, 0.1) is 6.92 Å². The lowest BCUT2D eigenvalue weighted by Crippen LogP contribution is -2.56. The van der Waals surface area contributed by atoms with Gasteiger partial charge < -0.3 is 14.4 Å². The van der Waals surface area contributed by atoms with E-state index in [1.165, 1.54) is 4.57 Å². The van der Waals surface area contributed by atoms with E-state index >= 15 is 0 Å². The van der Waals surface area contributed by atoms with E-state index in [1.54, 1.807) is 39.7 Å². The molecule has 2 heterocycles. The summed E-state index contributed by atoms with van der Waals surface area (Å²) < 4.78 is 13.2. The number of methoxy groups -OCH3 is 1. The number of carbonyl (C=O) groups is 2. The molecule has 0 saturated carbocycles. The highest BCUT2D eigenvalue weighted by atomic mass is 32.1. The Bertz CT molecular complexity index is 1450. The van der Waals surface area contributed by atoms with E-state index in [0.717, 1.165) is 27.9 Å². The van der Waals surface area contributed by atoms with Crippen LogP contribution in [0.15, 0.2) is 33.9 Å². The molecule has 10 heteroatoms. The second-order valence-electron chi connectivity index (χ2n) is 9.54. The SMILES string of the molecule is CCCN(CC)C(=O)C(C)(C)n1c(=O)c2c(C)c(C(=O)OCC)sc2n(CCc2ccccc2OC)c1=O. The smallest absolute Gasteiger partial charge is 0.348 e. The van der Waals surface area contributed by atoms with Crippen molar-refractivity contribution in [1.82, 2.24) is 14.0 Å². The van der Waals surface area contributed by atoms with Crippen LogP contribution < -0.4 is 16.0 Å². The summed E-state index contributed by atoms with van der Waals surface area (Å²) in [6.45, 7) is 11.8. The van der Waals surface area contributed by atoms with Crippen molar-refractivity contribution in [2.45, 2.75) is 66.5 Å². The minimum Gasteiger partial charge on any atom is -0.496 e. The highest BCUT2D eigenvalue weighted by Gasteiger charge is 2.38. The number of nitrogens with zero attached hydrogens (tertiary/aromatic N) is 3. The number of para-hydroxylation sites is 1. The van der Waals surface area contributed by atoms with Gasteiger partial charge in [-0.05, 0) is 64.7 Å². The van der Waals surface area contributed by atoms with E-state index in [2.05, 4.69) is 0 Å². The maximum absolute atomic E-state index is 14.0. The van der Waals surface area contributed by atoms with Gasteiger partial charge in [0.2, 0.25) is 5.91 Å². The molecule has 0 radical (unpaired) electrons. The number of aryl methyl sites for hydroxylation is 3. The third-order valence-electron chi connectivity index (χ3n) is 6.72. The average molecular weight is 544 g/mol. The number of carbonyl (C=O) groups excluding carboxylic acids is 2. The van der Waals surface area contributed by atoms with Crippen molar-refractivity contribution in [1.29, 1.82) is 0 Å². The summed E-state index contributed by atoms with van der Waals surface area (Å²) in [6.07, 6.45) is 1.19. The number of esters is 1. The maximum Gasteiger partial charge on any atom is 0.348 e. The first-order valence-electron chi connectivity index (χ1n) is 12.9. The van der Waals surface area contributed by atoms with E-state index in [9.17, 15) is 19.2 Å². The molecule has 0 fully saturated rings. The Hall–Kier alpha value is -3.40.